The van der Waals surface area contributed by atoms with Gasteiger partial charge in [0.05, 0.1) is 11.3 Å². The second-order valence-electron chi connectivity index (χ2n) is 5.62. The summed E-state index contributed by atoms with van der Waals surface area (Å²) in [5.74, 6) is -0.443. The molecule has 0 atom stereocenters. The van der Waals surface area contributed by atoms with Gasteiger partial charge in [0.2, 0.25) is 5.91 Å². The highest BCUT2D eigenvalue weighted by atomic mass is 32.2. The Hall–Kier alpha value is -2.57. The van der Waals surface area contributed by atoms with Crippen LogP contribution in [0.1, 0.15) is 15.2 Å². The van der Waals surface area contributed by atoms with E-state index in [1.165, 1.54) is 23.1 Å². The summed E-state index contributed by atoms with van der Waals surface area (Å²) in [5.41, 5.74) is 7.69. The number of amides is 2. The fourth-order valence-corrected chi connectivity index (χ4v) is 4.47. The van der Waals surface area contributed by atoms with Crippen LogP contribution in [0.2, 0.25) is 0 Å². The van der Waals surface area contributed by atoms with Crippen molar-refractivity contribution in [2.45, 2.75) is 11.8 Å². The van der Waals surface area contributed by atoms with Gasteiger partial charge in [0, 0.05) is 15.3 Å². The average Bonchev–Trinajstić information content (AvgIpc) is 2.97. The molecule has 2 amide bonds. The summed E-state index contributed by atoms with van der Waals surface area (Å²) < 4.78 is 0. The molecule has 0 aliphatic rings. The van der Waals surface area contributed by atoms with Crippen molar-refractivity contribution in [1.82, 2.24) is 0 Å². The van der Waals surface area contributed by atoms with Gasteiger partial charge in [-0.15, -0.1) is 23.1 Å². The Bertz CT molecular complexity index is 922. The van der Waals surface area contributed by atoms with Gasteiger partial charge in [-0.2, -0.15) is 0 Å². The lowest BCUT2D eigenvalue weighted by molar-refractivity contribution is -0.113. The van der Waals surface area contributed by atoms with E-state index in [9.17, 15) is 9.59 Å². The number of thioether (sulfide) groups is 1. The van der Waals surface area contributed by atoms with E-state index >= 15 is 0 Å². The molecule has 2 aromatic carbocycles. The minimum Gasteiger partial charge on any atom is -0.365 e. The van der Waals surface area contributed by atoms with E-state index in [1.54, 1.807) is 0 Å². The minimum atomic E-state index is -0.542. The number of benzene rings is 2. The van der Waals surface area contributed by atoms with Crippen LogP contribution >= 0.6 is 23.1 Å². The molecule has 3 rings (SSSR count). The number of carbonyl (C=O) groups excluding carboxylic acids is 2. The van der Waals surface area contributed by atoms with Gasteiger partial charge in [0.1, 0.15) is 5.00 Å². The fraction of sp³-hybridized carbons (Fsp3) is 0.100. The maximum absolute atomic E-state index is 12.3. The Kier molecular flexibility index (Phi) is 5.75. The average molecular weight is 383 g/mol. The van der Waals surface area contributed by atoms with E-state index < -0.39 is 5.91 Å². The maximum atomic E-state index is 12.3. The van der Waals surface area contributed by atoms with Crippen LogP contribution < -0.4 is 11.1 Å². The first-order valence-corrected chi connectivity index (χ1v) is 9.82. The summed E-state index contributed by atoms with van der Waals surface area (Å²) in [7, 11) is 0. The Morgan fingerprint density at radius 2 is 1.65 bits per heavy atom. The van der Waals surface area contributed by atoms with Crippen LogP contribution in [0.15, 0.2) is 65.6 Å². The monoisotopic (exact) mass is 382 g/mol. The molecular weight excluding hydrogens is 364 g/mol. The third-order valence-electron chi connectivity index (χ3n) is 3.76. The third-order valence-corrected chi connectivity index (χ3v) is 5.79. The zero-order valence-electron chi connectivity index (χ0n) is 14.2. The molecule has 0 unspecified atom stereocenters. The number of hydrogen-bond donors (Lipinski definition) is 2. The number of anilines is 1. The number of rotatable bonds is 6. The normalized spacial score (nSPS) is 10.5. The first-order chi connectivity index (χ1) is 12.6. The molecule has 0 spiro atoms. The summed E-state index contributed by atoms with van der Waals surface area (Å²) in [6.45, 7) is 1.92. The van der Waals surface area contributed by atoms with Gasteiger partial charge in [-0.3, -0.25) is 9.59 Å². The van der Waals surface area contributed by atoms with E-state index in [-0.39, 0.29) is 11.7 Å². The molecule has 4 nitrogen and oxygen atoms in total. The summed E-state index contributed by atoms with van der Waals surface area (Å²) in [6, 6.07) is 19.3. The molecule has 0 aliphatic heterocycles. The Balaban J connectivity index is 1.82. The zero-order valence-corrected chi connectivity index (χ0v) is 15.8. The van der Waals surface area contributed by atoms with Gasteiger partial charge in [-0.1, -0.05) is 48.5 Å². The van der Waals surface area contributed by atoms with E-state index in [2.05, 4.69) is 5.32 Å². The highest BCUT2D eigenvalue weighted by Gasteiger charge is 2.22. The lowest BCUT2D eigenvalue weighted by atomic mass is 10.0. The van der Waals surface area contributed by atoms with E-state index in [4.69, 9.17) is 5.73 Å². The van der Waals surface area contributed by atoms with Crippen LogP contribution in [0, 0.1) is 6.92 Å². The van der Waals surface area contributed by atoms with Crippen molar-refractivity contribution >= 4 is 39.9 Å². The second kappa shape index (κ2) is 8.21. The highest BCUT2D eigenvalue weighted by Crippen LogP contribution is 2.39. The van der Waals surface area contributed by atoms with Crippen LogP contribution in [0.4, 0.5) is 5.00 Å². The van der Waals surface area contributed by atoms with Crippen LogP contribution in [0.3, 0.4) is 0 Å². The number of nitrogens with one attached hydrogen (secondary N) is 1. The van der Waals surface area contributed by atoms with Gasteiger partial charge in [-0.25, -0.2) is 0 Å². The quantitative estimate of drug-likeness (QED) is 0.614. The lowest BCUT2D eigenvalue weighted by Gasteiger charge is -2.07. The predicted octanol–water partition coefficient (Wildman–Crippen LogP) is 4.55. The molecule has 0 radical (unpaired) electrons. The number of nitrogens with two attached hydrogens (primary N) is 1. The predicted molar refractivity (Wildman–Crippen MR) is 109 cm³/mol. The van der Waals surface area contributed by atoms with Crippen molar-refractivity contribution in [2.75, 3.05) is 11.1 Å². The number of aryl methyl sites for hydroxylation is 1. The van der Waals surface area contributed by atoms with E-state index in [0.29, 0.717) is 10.6 Å². The van der Waals surface area contributed by atoms with Crippen LogP contribution in [-0.2, 0) is 4.79 Å². The van der Waals surface area contributed by atoms with Gasteiger partial charge in [-0.05, 0) is 24.6 Å². The van der Waals surface area contributed by atoms with Gasteiger partial charge in [0.15, 0.2) is 0 Å². The number of hydrogen-bond acceptors (Lipinski definition) is 4. The Morgan fingerprint density at radius 1 is 1.04 bits per heavy atom. The van der Waals surface area contributed by atoms with Crippen LogP contribution in [0.5, 0.6) is 0 Å². The van der Waals surface area contributed by atoms with Crippen molar-refractivity contribution in [3.05, 3.63) is 71.1 Å². The standard InChI is InChI=1S/C20H18N2O2S2/c1-13-17(14-8-4-2-5-9-14)18(19(21)24)20(26-13)22-16(23)12-25-15-10-6-3-7-11-15/h2-11H,12H2,1H3,(H2,21,24)(H,22,23). The first-order valence-electron chi connectivity index (χ1n) is 8.02. The van der Waals surface area contributed by atoms with Crippen molar-refractivity contribution in [2.24, 2.45) is 5.73 Å². The smallest absolute Gasteiger partial charge is 0.252 e. The zero-order chi connectivity index (χ0) is 18.5. The summed E-state index contributed by atoms with van der Waals surface area (Å²) in [5, 5.41) is 3.36. The van der Waals surface area contributed by atoms with Crippen molar-refractivity contribution in [1.29, 1.82) is 0 Å². The third kappa shape index (κ3) is 4.15. The molecule has 26 heavy (non-hydrogen) atoms. The van der Waals surface area contributed by atoms with Gasteiger partial charge >= 0.3 is 0 Å². The highest BCUT2D eigenvalue weighted by molar-refractivity contribution is 8.00. The number of primary amides is 1. The second-order valence-corrected chi connectivity index (χ2v) is 7.89. The molecule has 1 aromatic heterocycles. The molecule has 0 saturated heterocycles. The SMILES string of the molecule is Cc1sc(NC(=O)CSc2ccccc2)c(C(N)=O)c1-c1ccccc1. The number of thiophene rings is 1. The molecule has 0 fully saturated rings. The lowest BCUT2D eigenvalue weighted by Crippen LogP contribution is -2.18. The molecule has 0 saturated carbocycles. The molecule has 0 aliphatic carbocycles. The molecule has 132 valence electrons. The van der Waals surface area contributed by atoms with Crippen molar-refractivity contribution < 1.29 is 9.59 Å². The molecule has 3 aromatic rings. The summed E-state index contributed by atoms with van der Waals surface area (Å²) in [4.78, 5) is 26.4. The minimum absolute atomic E-state index is 0.165. The van der Waals surface area contributed by atoms with Crippen LogP contribution in [-0.4, -0.2) is 17.6 Å². The first kappa shape index (κ1) is 18.2. The summed E-state index contributed by atoms with van der Waals surface area (Å²) >= 11 is 2.82. The molecule has 3 N–H and O–H groups in total. The topological polar surface area (TPSA) is 72.2 Å². The van der Waals surface area contributed by atoms with Crippen LogP contribution in [0.25, 0.3) is 11.1 Å². The number of carbonyl (C=O) groups is 2. The Morgan fingerprint density at radius 3 is 2.27 bits per heavy atom. The van der Waals surface area contributed by atoms with E-state index in [1.807, 2.05) is 67.6 Å². The molecule has 1 heterocycles. The Labute approximate surface area is 160 Å². The molecule has 0 bridgehead atoms. The largest absolute Gasteiger partial charge is 0.365 e. The van der Waals surface area contributed by atoms with Crippen molar-refractivity contribution in [3.8, 4) is 11.1 Å². The van der Waals surface area contributed by atoms with Gasteiger partial charge < -0.3 is 11.1 Å². The molecular formula is C20H18N2O2S2. The summed E-state index contributed by atoms with van der Waals surface area (Å²) in [6.07, 6.45) is 0. The maximum Gasteiger partial charge on any atom is 0.252 e. The van der Waals surface area contributed by atoms with E-state index in [0.717, 1.165) is 20.9 Å². The van der Waals surface area contributed by atoms with Crippen molar-refractivity contribution in [3.63, 3.8) is 0 Å². The fourth-order valence-electron chi connectivity index (χ4n) is 2.65. The molecule has 6 heteroatoms. The van der Waals surface area contributed by atoms with Gasteiger partial charge in [0.25, 0.3) is 5.91 Å².